The van der Waals surface area contributed by atoms with E-state index in [1.807, 2.05) is 30.3 Å². The molecule has 1 heterocycles. The first-order valence-corrected chi connectivity index (χ1v) is 10.6. The van der Waals surface area contributed by atoms with Crippen LogP contribution in [0, 0.1) is 11.3 Å². The summed E-state index contributed by atoms with van der Waals surface area (Å²) in [5.41, 5.74) is 4.03. The van der Waals surface area contributed by atoms with Crippen LogP contribution in [-0.4, -0.2) is 22.9 Å². The Labute approximate surface area is 191 Å². The average Bonchev–Trinajstić information content (AvgIpc) is 2.83. The minimum Gasteiger partial charge on any atom is -0.350 e. The highest BCUT2D eigenvalue weighted by Crippen LogP contribution is 2.25. The SMILES string of the molecule is N#Cc1cccc(CNC(=O)C2Cc3ccccc3CN2C(=O)Nc2ccc(Cl)cc2)c1. The minimum atomic E-state index is -0.656. The van der Waals surface area contributed by atoms with Gasteiger partial charge < -0.3 is 15.5 Å². The Morgan fingerprint density at radius 3 is 2.53 bits per heavy atom. The number of carbonyl (C=O) groups is 2. The van der Waals surface area contributed by atoms with Crippen molar-refractivity contribution in [3.63, 3.8) is 0 Å². The molecule has 0 spiro atoms. The van der Waals surface area contributed by atoms with E-state index in [1.165, 1.54) is 0 Å². The van der Waals surface area contributed by atoms with Gasteiger partial charge in [0, 0.05) is 30.2 Å². The first-order valence-electron chi connectivity index (χ1n) is 10.2. The lowest BCUT2D eigenvalue weighted by Gasteiger charge is -2.36. The predicted molar refractivity (Wildman–Crippen MR) is 123 cm³/mol. The van der Waals surface area contributed by atoms with Crippen molar-refractivity contribution in [3.8, 4) is 6.07 Å². The van der Waals surface area contributed by atoms with Crippen molar-refractivity contribution < 1.29 is 9.59 Å². The minimum absolute atomic E-state index is 0.242. The number of rotatable bonds is 4. The van der Waals surface area contributed by atoms with Crippen molar-refractivity contribution >= 4 is 29.2 Å². The molecule has 0 saturated carbocycles. The summed E-state index contributed by atoms with van der Waals surface area (Å²) in [4.78, 5) is 27.8. The molecule has 1 aliphatic heterocycles. The maximum absolute atomic E-state index is 13.1. The van der Waals surface area contributed by atoms with Crippen molar-refractivity contribution in [1.82, 2.24) is 10.2 Å². The van der Waals surface area contributed by atoms with Crippen LogP contribution in [0.15, 0.2) is 72.8 Å². The second kappa shape index (κ2) is 9.54. The number of hydrogen-bond acceptors (Lipinski definition) is 3. The highest BCUT2D eigenvalue weighted by atomic mass is 35.5. The Morgan fingerprint density at radius 1 is 1.03 bits per heavy atom. The topological polar surface area (TPSA) is 85.2 Å². The molecule has 1 aliphatic rings. The second-order valence-electron chi connectivity index (χ2n) is 7.58. The van der Waals surface area contributed by atoms with Crippen molar-refractivity contribution in [3.05, 3.63) is 100 Å². The second-order valence-corrected chi connectivity index (χ2v) is 8.02. The molecule has 0 fully saturated rings. The molecular formula is C25H21ClN4O2. The van der Waals surface area contributed by atoms with Crippen LogP contribution in [0.4, 0.5) is 10.5 Å². The monoisotopic (exact) mass is 444 g/mol. The summed E-state index contributed by atoms with van der Waals surface area (Å²) < 4.78 is 0. The molecule has 0 aliphatic carbocycles. The number of urea groups is 1. The van der Waals surface area contributed by atoms with Gasteiger partial charge in [-0.1, -0.05) is 48.0 Å². The molecular weight excluding hydrogens is 424 g/mol. The number of benzene rings is 3. The molecule has 1 unspecified atom stereocenters. The summed E-state index contributed by atoms with van der Waals surface area (Å²) in [6.07, 6.45) is 0.425. The maximum atomic E-state index is 13.1. The molecule has 4 rings (SSSR count). The number of fused-ring (bicyclic) bond motifs is 1. The van der Waals surface area contributed by atoms with Gasteiger partial charge in [0.2, 0.25) is 5.91 Å². The van der Waals surface area contributed by atoms with Crippen molar-refractivity contribution in [2.75, 3.05) is 5.32 Å². The largest absolute Gasteiger partial charge is 0.350 e. The van der Waals surface area contributed by atoms with Crippen molar-refractivity contribution in [2.24, 2.45) is 0 Å². The fourth-order valence-corrected chi connectivity index (χ4v) is 3.88. The van der Waals surface area contributed by atoms with Gasteiger partial charge in [0.1, 0.15) is 6.04 Å². The molecule has 32 heavy (non-hydrogen) atoms. The normalized spacial score (nSPS) is 14.8. The first-order chi connectivity index (χ1) is 15.5. The zero-order chi connectivity index (χ0) is 22.5. The molecule has 3 amide bonds. The van der Waals surface area contributed by atoms with Crippen LogP contribution in [0.2, 0.25) is 5.02 Å². The predicted octanol–water partition coefficient (Wildman–Crippen LogP) is 4.49. The summed E-state index contributed by atoms with van der Waals surface area (Å²) in [6.45, 7) is 0.608. The first kappa shape index (κ1) is 21.4. The van der Waals surface area contributed by atoms with E-state index in [0.717, 1.165) is 16.7 Å². The third-order valence-electron chi connectivity index (χ3n) is 5.43. The molecule has 0 saturated heterocycles. The summed E-state index contributed by atoms with van der Waals surface area (Å²) in [6, 6.07) is 22.8. The number of anilines is 1. The molecule has 3 aromatic rings. The number of hydrogen-bond donors (Lipinski definition) is 2. The number of amides is 3. The molecule has 0 radical (unpaired) electrons. The highest BCUT2D eigenvalue weighted by Gasteiger charge is 2.34. The summed E-state index contributed by atoms with van der Waals surface area (Å²) >= 11 is 5.93. The van der Waals surface area contributed by atoms with E-state index < -0.39 is 6.04 Å². The van der Waals surface area contributed by atoms with E-state index in [1.54, 1.807) is 47.4 Å². The van der Waals surface area contributed by atoms with Crippen molar-refractivity contribution in [1.29, 1.82) is 5.26 Å². The van der Waals surface area contributed by atoms with Gasteiger partial charge >= 0.3 is 6.03 Å². The van der Waals surface area contributed by atoms with Gasteiger partial charge in [-0.25, -0.2) is 4.79 Å². The Balaban J connectivity index is 1.52. The molecule has 7 heteroatoms. The number of nitrogens with zero attached hydrogens (tertiary/aromatic N) is 2. The van der Waals surface area contributed by atoms with Gasteiger partial charge in [0.05, 0.1) is 11.6 Å². The van der Waals surface area contributed by atoms with E-state index in [2.05, 4.69) is 16.7 Å². The Morgan fingerprint density at radius 2 is 1.78 bits per heavy atom. The van der Waals surface area contributed by atoms with Gasteiger partial charge in [-0.3, -0.25) is 4.79 Å². The smallest absolute Gasteiger partial charge is 0.322 e. The molecule has 160 valence electrons. The Hall–Kier alpha value is -3.82. The number of halogens is 1. The Bertz CT molecular complexity index is 1190. The van der Waals surface area contributed by atoms with Crippen LogP contribution in [0.25, 0.3) is 0 Å². The molecule has 0 bridgehead atoms. The third-order valence-corrected chi connectivity index (χ3v) is 5.68. The van der Waals surface area contributed by atoms with Crippen LogP contribution in [0.5, 0.6) is 0 Å². The van der Waals surface area contributed by atoms with E-state index in [-0.39, 0.29) is 18.5 Å². The van der Waals surface area contributed by atoms with E-state index in [9.17, 15) is 9.59 Å². The average molecular weight is 445 g/mol. The molecule has 0 aromatic heterocycles. The van der Waals surface area contributed by atoms with E-state index in [0.29, 0.717) is 29.2 Å². The third kappa shape index (κ3) is 4.90. The standard InChI is InChI=1S/C25H21ClN4O2/c26-21-8-10-22(11-9-21)29-25(32)30-16-20-7-2-1-6-19(20)13-23(30)24(31)28-15-18-5-3-4-17(12-18)14-27/h1-12,23H,13,15-16H2,(H,28,31)(H,29,32). The molecule has 2 N–H and O–H groups in total. The zero-order valence-corrected chi connectivity index (χ0v) is 18.0. The number of nitrogens with one attached hydrogen (secondary N) is 2. The van der Waals surface area contributed by atoms with Gasteiger partial charge in [-0.15, -0.1) is 0 Å². The van der Waals surface area contributed by atoms with Crippen LogP contribution in [0.3, 0.4) is 0 Å². The maximum Gasteiger partial charge on any atom is 0.322 e. The molecule has 3 aromatic carbocycles. The lowest BCUT2D eigenvalue weighted by molar-refractivity contribution is -0.126. The van der Waals surface area contributed by atoms with Gasteiger partial charge in [-0.2, -0.15) is 5.26 Å². The number of nitriles is 1. The Kier molecular flexibility index (Phi) is 6.39. The van der Waals surface area contributed by atoms with Gasteiger partial charge in [0.15, 0.2) is 0 Å². The van der Waals surface area contributed by atoms with Crippen LogP contribution >= 0.6 is 11.6 Å². The fourth-order valence-electron chi connectivity index (χ4n) is 3.76. The van der Waals surface area contributed by atoms with Crippen LogP contribution < -0.4 is 10.6 Å². The summed E-state index contributed by atoms with van der Waals surface area (Å²) in [7, 11) is 0. The van der Waals surface area contributed by atoms with Gasteiger partial charge in [0.25, 0.3) is 0 Å². The summed E-state index contributed by atoms with van der Waals surface area (Å²) in [5, 5.41) is 15.4. The molecule has 1 atom stereocenters. The quantitative estimate of drug-likeness (QED) is 0.621. The van der Waals surface area contributed by atoms with E-state index >= 15 is 0 Å². The van der Waals surface area contributed by atoms with Crippen molar-refractivity contribution in [2.45, 2.75) is 25.6 Å². The van der Waals surface area contributed by atoms with Crippen LogP contribution in [-0.2, 0) is 24.3 Å². The zero-order valence-electron chi connectivity index (χ0n) is 17.2. The van der Waals surface area contributed by atoms with Gasteiger partial charge in [-0.05, 0) is 53.1 Å². The number of carbonyl (C=O) groups excluding carboxylic acids is 2. The van der Waals surface area contributed by atoms with Crippen LogP contribution in [0.1, 0.15) is 22.3 Å². The fraction of sp³-hybridized carbons (Fsp3) is 0.160. The van der Waals surface area contributed by atoms with E-state index in [4.69, 9.17) is 16.9 Å². The lowest BCUT2D eigenvalue weighted by atomic mass is 9.93. The highest BCUT2D eigenvalue weighted by molar-refractivity contribution is 6.30. The molecule has 6 nitrogen and oxygen atoms in total. The summed E-state index contributed by atoms with van der Waals surface area (Å²) in [5.74, 6) is -0.242. The lowest BCUT2D eigenvalue weighted by Crippen LogP contribution is -2.53.